The minimum Gasteiger partial charge on any atom is -0.485 e. The molecular weight excluding hydrogens is 484 g/mol. The number of furan rings is 1. The average molecular weight is 507 g/mol. The van der Waals surface area contributed by atoms with Gasteiger partial charge in [-0.2, -0.15) is 0 Å². The summed E-state index contributed by atoms with van der Waals surface area (Å²) < 4.78 is 17.2. The molecule has 3 aromatic carbocycles. The minimum absolute atomic E-state index is 0.0388. The smallest absolute Gasteiger partial charge is 0.291 e. The molecule has 0 unspecified atom stereocenters. The summed E-state index contributed by atoms with van der Waals surface area (Å²) in [5.41, 5.74) is 2.79. The first-order valence-corrected chi connectivity index (χ1v) is 11.4. The number of nitrogens with one attached hydrogen (secondary N) is 1. The zero-order chi connectivity index (χ0) is 25.8. The molecule has 1 amide bonds. The third-order valence-corrected chi connectivity index (χ3v) is 5.75. The maximum Gasteiger partial charge on any atom is 0.291 e. The Hall–Kier alpha value is -4.30. The van der Waals surface area contributed by atoms with Crippen LogP contribution < -0.4 is 14.8 Å². The number of rotatable bonds is 8. The molecule has 4 rings (SSSR count). The molecule has 0 aliphatic rings. The largest absolute Gasteiger partial charge is 0.485 e. The Morgan fingerprint density at radius 2 is 1.78 bits per heavy atom. The Labute approximate surface area is 212 Å². The van der Waals surface area contributed by atoms with Crippen LogP contribution in [-0.4, -0.2) is 10.8 Å². The van der Waals surface area contributed by atoms with Crippen molar-refractivity contribution in [3.63, 3.8) is 0 Å². The fourth-order valence-corrected chi connectivity index (χ4v) is 3.54. The van der Waals surface area contributed by atoms with Gasteiger partial charge in [-0.1, -0.05) is 23.7 Å². The molecule has 0 spiro atoms. The first kappa shape index (κ1) is 24.8. The zero-order valence-electron chi connectivity index (χ0n) is 19.8. The Morgan fingerprint density at radius 3 is 2.53 bits per heavy atom. The number of hydrogen-bond acceptors (Lipinski definition) is 6. The highest BCUT2D eigenvalue weighted by atomic mass is 35.5. The lowest BCUT2D eigenvalue weighted by molar-refractivity contribution is -0.384. The van der Waals surface area contributed by atoms with Crippen LogP contribution in [-0.2, 0) is 6.61 Å². The van der Waals surface area contributed by atoms with Gasteiger partial charge in [-0.25, -0.2) is 0 Å². The molecule has 184 valence electrons. The summed E-state index contributed by atoms with van der Waals surface area (Å²) in [6.07, 6.45) is 0. The number of anilines is 1. The van der Waals surface area contributed by atoms with E-state index < -0.39 is 10.8 Å². The van der Waals surface area contributed by atoms with Crippen molar-refractivity contribution in [3.05, 3.63) is 110 Å². The lowest BCUT2D eigenvalue weighted by Gasteiger charge is -2.10. The molecule has 0 aliphatic heterocycles. The number of benzene rings is 3. The van der Waals surface area contributed by atoms with Crippen molar-refractivity contribution in [1.29, 1.82) is 0 Å². The molecule has 0 saturated heterocycles. The Balaban J connectivity index is 1.47. The summed E-state index contributed by atoms with van der Waals surface area (Å²) in [5, 5.41) is 14.6. The van der Waals surface area contributed by atoms with Crippen molar-refractivity contribution in [2.24, 2.45) is 0 Å². The number of hydrogen-bond donors (Lipinski definition) is 1. The predicted molar refractivity (Wildman–Crippen MR) is 136 cm³/mol. The number of ether oxygens (including phenoxy) is 2. The molecule has 0 radical (unpaired) electrons. The molecule has 8 nitrogen and oxygen atoms in total. The van der Waals surface area contributed by atoms with E-state index in [4.69, 9.17) is 25.5 Å². The number of carbonyl (C=O) groups is 1. The quantitative estimate of drug-likeness (QED) is 0.197. The van der Waals surface area contributed by atoms with Crippen LogP contribution in [0.15, 0.2) is 71.1 Å². The summed E-state index contributed by atoms with van der Waals surface area (Å²) in [6.45, 7) is 5.88. The van der Waals surface area contributed by atoms with Gasteiger partial charge >= 0.3 is 0 Å². The number of non-ortho nitro benzene ring substituents is 1. The predicted octanol–water partition coefficient (Wildman–Crippen LogP) is 7.39. The Morgan fingerprint density at radius 1 is 0.972 bits per heavy atom. The van der Waals surface area contributed by atoms with E-state index in [1.807, 2.05) is 39.0 Å². The van der Waals surface area contributed by atoms with E-state index in [0.717, 1.165) is 22.4 Å². The van der Waals surface area contributed by atoms with Crippen LogP contribution >= 0.6 is 11.6 Å². The SMILES string of the molecule is Cc1ccc(C)c(OCc2ccc(C(=O)Nc3cc(Oc4ccc(Cl)c(C)c4)cc([N+](=O)[O-])c3)o2)c1. The summed E-state index contributed by atoms with van der Waals surface area (Å²) >= 11 is 6.05. The van der Waals surface area contributed by atoms with Crippen molar-refractivity contribution in [2.75, 3.05) is 5.32 Å². The van der Waals surface area contributed by atoms with Crippen molar-refractivity contribution in [1.82, 2.24) is 0 Å². The fraction of sp³-hybridized carbons (Fsp3) is 0.148. The third kappa shape index (κ3) is 6.03. The molecule has 1 aromatic heterocycles. The molecule has 36 heavy (non-hydrogen) atoms. The average Bonchev–Trinajstić information content (AvgIpc) is 3.31. The van der Waals surface area contributed by atoms with Crippen LogP contribution in [0.4, 0.5) is 11.4 Å². The molecule has 0 fully saturated rings. The fourth-order valence-electron chi connectivity index (χ4n) is 3.42. The second-order valence-electron chi connectivity index (χ2n) is 8.26. The minimum atomic E-state index is -0.568. The number of aryl methyl sites for hydroxylation is 3. The van der Waals surface area contributed by atoms with Gasteiger partial charge in [-0.3, -0.25) is 14.9 Å². The first-order valence-electron chi connectivity index (χ1n) is 11.0. The van der Waals surface area contributed by atoms with E-state index >= 15 is 0 Å². The van der Waals surface area contributed by atoms with Gasteiger partial charge in [-0.05, 0) is 73.9 Å². The van der Waals surface area contributed by atoms with E-state index in [1.165, 1.54) is 24.3 Å². The summed E-state index contributed by atoms with van der Waals surface area (Å²) in [4.78, 5) is 23.6. The standard InChI is InChI=1S/C27H23ClN2O6/c1-16-4-5-17(2)26(10-16)34-15-22-7-9-25(36-22)27(31)29-19-12-20(30(32)33)14-23(13-19)35-21-6-8-24(28)18(3)11-21/h4-14H,15H2,1-3H3,(H,29,31). The van der Waals surface area contributed by atoms with Gasteiger partial charge in [0, 0.05) is 17.2 Å². The number of amides is 1. The van der Waals surface area contributed by atoms with Crippen LogP contribution in [0.1, 0.15) is 33.0 Å². The molecule has 9 heteroatoms. The highest BCUT2D eigenvalue weighted by Crippen LogP contribution is 2.31. The highest BCUT2D eigenvalue weighted by Gasteiger charge is 2.17. The Kier molecular flexibility index (Phi) is 7.26. The van der Waals surface area contributed by atoms with Crippen molar-refractivity contribution < 1.29 is 23.6 Å². The monoisotopic (exact) mass is 506 g/mol. The van der Waals surface area contributed by atoms with E-state index in [9.17, 15) is 14.9 Å². The maximum absolute atomic E-state index is 12.8. The van der Waals surface area contributed by atoms with E-state index in [0.29, 0.717) is 16.5 Å². The Bertz CT molecular complexity index is 1450. The summed E-state index contributed by atoms with van der Waals surface area (Å²) in [5.74, 6) is 1.30. The van der Waals surface area contributed by atoms with Gasteiger partial charge in [0.15, 0.2) is 5.76 Å². The van der Waals surface area contributed by atoms with Gasteiger partial charge < -0.3 is 19.2 Å². The number of nitrogens with zero attached hydrogens (tertiary/aromatic N) is 1. The van der Waals surface area contributed by atoms with E-state index in [1.54, 1.807) is 24.3 Å². The first-order chi connectivity index (χ1) is 17.2. The second-order valence-corrected chi connectivity index (χ2v) is 8.67. The van der Waals surface area contributed by atoms with Gasteiger partial charge in [0.25, 0.3) is 11.6 Å². The van der Waals surface area contributed by atoms with E-state index in [-0.39, 0.29) is 29.5 Å². The van der Waals surface area contributed by atoms with Crippen LogP contribution in [0, 0.1) is 30.9 Å². The summed E-state index contributed by atoms with van der Waals surface area (Å²) in [7, 11) is 0. The van der Waals surface area contributed by atoms with Crippen molar-refractivity contribution in [2.45, 2.75) is 27.4 Å². The van der Waals surface area contributed by atoms with Crippen molar-refractivity contribution in [3.8, 4) is 17.2 Å². The van der Waals surface area contributed by atoms with Crippen LogP contribution in [0.25, 0.3) is 0 Å². The number of carbonyl (C=O) groups excluding carboxylic acids is 1. The molecule has 0 aliphatic carbocycles. The van der Waals surface area contributed by atoms with E-state index in [2.05, 4.69) is 5.32 Å². The van der Waals surface area contributed by atoms with Crippen LogP contribution in [0.5, 0.6) is 17.2 Å². The zero-order valence-corrected chi connectivity index (χ0v) is 20.6. The van der Waals surface area contributed by atoms with Crippen molar-refractivity contribution >= 4 is 28.9 Å². The lowest BCUT2D eigenvalue weighted by Crippen LogP contribution is -2.11. The third-order valence-electron chi connectivity index (χ3n) is 5.32. The molecular formula is C27H23ClN2O6. The topological polar surface area (TPSA) is 104 Å². The van der Waals surface area contributed by atoms with Gasteiger partial charge in [0.2, 0.25) is 0 Å². The highest BCUT2D eigenvalue weighted by molar-refractivity contribution is 6.31. The van der Waals surface area contributed by atoms with Gasteiger partial charge in [0.05, 0.1) is 16.7 Å². The molecule has 0 atom stereocenters. The number of halogens is 1. The van der Waals surface area contributed by atoms with Crippen LogP contribution in [0.3, 0.4) is 0 Å². The summed E-state index contributed by atoms with van der Waals surface area (Å²) in [6, 6.07) is 18.1. The normalized spacial score (nSPS) is 10.7. The van der Waals surface area contributed by atoms with Crippen LogP contribution in [0.2, 0.25) is 5.02 Å². The number of nitro benzene ring substituents is 1. The molecule has 4 aromatic rings. The number of nitro groups is 1. The molecule has 0 bridgehead atoms. The van der Waals surface area contributed by atoms with Gasteiger partial charge in [0.1, 0.15) is 29.6 Å². The molecule has 0 saturated carbocycles. The maximum atomic E-state index is 12.8. The molecule has 1 heterocycles. The second kappa shape index (κ2) is 10.5. The lowest BCUT2D eigenvalue weighted by atomic mass is 10.1. The molecule has 1 N–H and O–H groups in total. The van der Waals surface area contributed by atoms with Gasteiger partial charge in [-0.15, -0.1) is 0 Å².